The molecule has 1 rings (SSSR count). The fourth-order valence-corrected chi connectivity index (χ4v) is 1.71. The van der Waals surface area contributed by atoms with Crippen molar-refractivity contribution in [1.82, 2.24) is 0 Å². The van der Waals surface area contributed by atoms with E-state index in [0.717, 1.165) is 0 Å². The van der Waals surface area contributed by atoms with E-state index in [9.17, 15) is 0 Å². The Hall–Kier alpha value is -0.437. The van der Waals surface area contributed by atoms with Gasteiger partial charge in [-0.05, 0) is 0 Å². The summed E-state index contributed by atoms with van der Waals surface area (Å²) in [5.41, 5.74) is 1.29. The molecule has 10 heavy (non-hydrogen) atoms. The minimum absolute atomic E-state index is 1.29. The normalized spacial score (nSPS) is 9.50. The van der Waals surface area contributed by atoms with Crippen molar-refractivity contribution >= 4 is 26.6 Å². The molecule has 3 radical (unpaired) electrons. The first-order valence-electron chi connectivity index (χ1n) is 3.20. The molecule has 1 aromatic carbocycles. The van der Waals surface area contributed by atoms with Crippen LogP contribution in [-0.2, 0) is 0 Å². The molecule has 0 fully saturated rings. The van der Waals surface area contributed by atoms with Gasteiger partial charge in [0.25, 0.3) is 0 Å². The quantitative estimate of drug-likeness (QED) is 0.588. The first-order chi connectivity index (χ1) is 4.72. The van der Waals surface area contributed by atoms with Crippen molar-refractivity contribution in [2.24, 2.45) is 0 Å². The second-order valence-electron chi connectivity index (χ2n) is 2.41. The molecule has 51 valence electrons. The Morgan fingerprint density at radius 2 is 1.80 bits per heavy atom. The molecule has 0 saturated carbocycles. The minimum atomic E-state index is 1.29. The molecular formula is C8H10GeN. The van der Waals surface area contributed by atoms with Gasteiger partial charge in [0.2, 0.25) is 0 Å². The molecule has 0 aliphatic heterocycles. The summed E-state index contributed by atoms with van der Waals surface area (Å²) in [5, 5.41) is 0. The van der Waals surface area contributed by atoms with Crippen LogP contribution >= 0.6 is 0 Å². The predicted molar refractivity (Wildman–Crippen MR) is 46.2 cm³/mol. The average molecular weight is 193 g/mol. The van der Waals surface area contributed by atoms with Gasteiger partial charge >= 0.3 is 69.9 Å². The summed E-state index contributed by atoms with van der Waals surface area (Å²) in [4.78, 5) is 2.12. The predicted octanol–water partition coefficient (Wildman–Crippen LogP) is 0.546. The maximum atomic E-state index is 2.12. The zero-order valence-corrected chi connectivity index (χ0v) is 8.35. The van der Waals surface area contributed by atoms with E-state index in [1.807, 2.05) is 0 Å². The van der Waals surface area contributed by atoms with Gasteiger partial charge in [0, 0.05) is 0 Å². The molecule has 1 nitrogen and oxygen atoms in total. The zero-order chi connectivity index (χ0) is 7.56. The fourth-order valence-electron chi connectivity index (χ4n) is 0.864. The van der Waals surface area contributed by atoms with E-state index in [-0.39, 0.29) is 0 Å². The van der Waals surface area contributed by atoms with Crippen LogP contribution in [0.25, 0.3) is 0 Å². The molecule has 2 heteroatoms. The number of hydrogen-bond donors (Lipinski definition) is 0. The van der Waals surface area contributed by atoms with Crippen LogP contribution in [0.15, 0.2) is 24.3 Å². The Kier molecular flexibility index (Phi) is 2.38. The molecule has 0 bridgehead atoms. The number of anilines is 1. The second-order valence-corrected chi connectivity index (χ2v) is 3.54. The van der Waals surface area contributed by atoms with Crippen LogP contribution in [0.4, 0.5) is 5.69 Å². The summed E-state index contributed by atoms with van der Waals surface area (Å²) in [5.74, 6) is 0. The zero-order valence-electron chi connectivity index (χ0n) is 6.26. The second kappa shape index (κ2) is 3.10. The Morgan fingerprint density at radius 3 is 2.20 bits per heavy atom. The first kappa shape index (κ1) is 7.67. The number of benzene rings is 1. The molecule has 0 unspecified atom stereocenters. The molecule has 0 spiro atoms. The van der Waals surface area contributed by atoms with Crippen molar-refractivity contribution in [2.45, 2.75) is 0 Å². The van der Waals surface area contributed by atoms with Gasteiger partial charge in [0.05, 0.1) is 0 Å². The van der Waals surface area contributed by atoms with Gasteiger partial charge < -0.3 is 0 Å². The summed E-state index contributed by atoms with van der Waals surface area (Å²) < 4.78 is 1.33. The van der Waals surface area contributed by atoms with Gasteiger partial charge in [-0.25, -0.2) is 0 Å². The molecule has 1 aromatic rings. The summed E-state index contributed by atoms with van der Waals surface area (Å²) in [6.07, 6.45) is 0. The Balaban J connectivity index is 3.03. The summed E-state index contributed by atoms with van der Waals surface area (Å²) in [7, 11) is 4.12. The van der Waals surface area contributed by atoms with Crippen molar-refractivity contribution in [3.63, 3.8) is 0 Å². The van der Waals surface area contributed by atoms with E-state index < -0.39 is 0 Å². The van der Waals surface area contributed by atoms with Crippen LogP contribution in [-0.4, -0.2) is 30.6 Å². The molecule has 0 aromatic heterocycles. The summed E-state index contributed by atoms with van der Waals surface area (Å²) in [6.45, 7) is 0. The number of nitrogens with zero attached hydrogens (tertiary/aromatic N) is 1. The van der Waals surface area contributed by atoms with Crippen molar-refractivity contribution in [3.8, 4) is 0 Å². The van der Waals surface area contributed by atoms with E-state index in [0.29, 0.717) is 0 Å². The third-order valence-corrected chi connectivity index (χ3v) is 2.27. The molecule has 0 aliphatic carbocycles. The monoisotopic (exact) mass is 194 g/mol. The van der Waals surface area contributed by atoms with Gasteiger partial charge in [0.1, 0.15) is 0 Å². The van der Waals surface area contributed by atoms with E-state index in [1.165, 1.54) is 10.1 Å². The summed E-state index contributed by atoms with van der Waals surface area (Å²) in [6, 6.07) is 8.36. The van der Waals surface area contributed by atoms with Crippen LogP contribution in [0.5, 0.6) is 0 Å². The van der Waals surface area contributed by atoms with Crippen LogP contribution in [0.1, 0.15) is 0 Å². The maximum absolute atomic E-state index is 2.12. The van der Waals surface area contributed by atoms with Gasteiger partial charge in [0.15, 0.2) is 0 Å². The molecule has 0 amide bonds. The SMILES string of the molecule is CN(C)c1cccc[c]1[Ge]. The van der Waals surface area contributed by atoms with E-state index in [4.69, 9.17) is 0 Å². The number of hydrogen-bond acceptors (Lipinski definition) is 1. The van der Waals surface area contributed by atoms with Crippen LogP contribution in [0.3, 0.4) is 0 Å². The molecular weight excluding hydrogens is 183 g/mol. The molecule has 0 atom stereocenters. The average Bonchev–Trinajstić information content (AvgIpc) is 1.88. The molecule has 0 heterocycles. The standard InChI is InChI=1S/C8H10GeN/c1-10(2)8-6-4-3-5-7(8)9/h3-6H,1-2H3. The number of rotatable bonds is 1. The van der Waals surface area contributed by atoms with Crippen LogP contribution in [0, 0.1) is 0 Å². The summed E-state index contributed by atoms with van der Waals surface area (Å²) >= 11 is 2.12. The third kappa shape index (κ3) is 1.54. The molecule has 0 N–H and O–H groups in total. The van der Waals surface area contributed by atoms with E-state index in [2.05, 4.69) is 59.8 Å². The van der Waals surface area contributed by atoms with Gasteiger partial charge in [-0.3, -0.25) is 0 Å². The Bertz CT molecular complexity index is 220. The van der Waals surface area contributed by atoms with Crippen molar-refractivity contribution < 1.29 is 0 Å². The topological polar surface area (TPSA) is 3.24 Å². The fraction of sp³-hybridized carbons (Fsp3) is 0.250. The van der Waals surface area contributed by atoms with Crippen molar-refractivity contribution in [2.75, 3.05) is 19.0 Å². The van der Waals surface area contributed by atoms with Crippen LogP contribution in [0.2, 0.25) is 0 Å². The van der Waals surface area contributed by atoms with Gasteiger partial charge in [-0.15, -0.1) is 0 Å². The van der Waals surface area contributed by atoms with Gasteiger partial charge in [-0.1, -0.05) is 0 Å². The van der Waals surface area contributed by atoms with Crippen LogP contribution < -0.4 is 9.30 Å². The Morgan fingerprint density at radius 1 is 1.20 bits per heavy atom. The third-order valence-electron chi connectivity index (χ3n) is 1.39. The van der Waals surface area contributed by atoms with Crippen molar-refractivity contribution in [1.29, 1.82) is 0 Å². The van der Waals surface area contributed by atoms with E-state index >= 15 is 0 Å². The first-order valence-corrected chi connectivity index (χ1v) is 4.24. The van der Waals surface area contributed by atoms with Crippen molar-refractivity contribution in [3.05, 3.63) is 24.3 Å². The van der Waals surface area contributed by atoms with Gasteiger partial charge in [-0.2, -0.15) is 0 Å². The number of para-hydroxylation sites is 1. The van der Waals surface area contributed by atoms with E-state index in [1.54, 1.807) is 0 Å². The molecule has 0 aliphatic rings. The Labute approximate surface area is 70.3 Å². The molecule has 0 saturated heterocycles.